The number of carbonyl (C=O) groups excluding carboxylic acids is 1. The highest BCUT2D eigenvalue weighted by atomic mass is 16.6. The fraction of sp³-hybridized carbons (Fsp3) is 0.462. The molecule has 1 saturated heterocycles. The Morgan fingerprint density at radius 1 is 1.55 bits per heavy atom. The zero-order valence-corrected chi connectivity index (χ0v) is 11.2. The van der Waals surface area contributed by atoms with E-state index >= 15 is 0 Å². The quantitative estimate of drug-likeness (QED) is 0.515. The van der Waals surface area contributed by atoms with E-state index in [1.807, 2.05) is 0 Å². The first-order valence-corrected chi connectivity index (χ1v) is 6.34. The van der Waals surface area contributed by atoms with Gasteiger partial charge in [-0.3, -0.25) is 4.79 Å². The van der Waals surface area contributed by atoms with Gasteiger partial charge in [0.05, 0.1) is 11.7 Å². The van der Waals surface area contributed by atoms with E-state index < -0.39 is 24.5 Å². The lowest BCUT2D eigenvalue weighted by atomic mass is 10.1. The van der Waals surface area contributed by atoms with E-state index in [1.54, 1.807) is 19.1 Å². The summed E-state index contributed by atoms with van der Waals surface area (Å²) in [4.78, 5) is 13.3. The summed E-state index contributed by atoms with van der Waals surface area (Å²) in [5.41, 5.74) is 5.73. The van der Waals surface area contributed by atoms with Gasteiger partial charge in [-0.2, -0.15) is 0 Å². The van der Waals surface area contributed by atoms with Crippen molar-refractivity contribution in [1.82, 2.24) is 10.2 Å². The van der Waals surface area contributed by atoms with Gasteiger partial charge in [0.2, 0.25) is 0 Å². The molecular weight excluding hydrogens is 262 g/mol. The topological polar surface area (TPSA) is 108 Å². The first-order chi connectivity index (χ1) is 9.45. The van der Waals surface area contributed by atoms with Gasteiger partial charge in [-0.25, -0.2) is 0 Å². The molecule has 0 aromatic heterocycles. The summed E-state index contributed by atoms with van der Waals surface area (Å²) < 4.78 is 5.50. The van der Waals surface area contributed by atoms with Gasteiger partial charge in [-0.05, 0) is 6.92 Å². The number of amides is 1. The number of carbonyl (C=O) groups is 1. The second-order valence-electron chi connectivity index (χ2n) is 4.74. The van der Waals surface area contributed by atoms with Crippen molar-refractivity contribution in [2.24, 2.45) is 5.73 Å². The van der Waals surface area contributed by atoms with E-state index in [0.717, 1.165) is 0 Å². The lowest BCUT2D eigenvalue weighted by Crippen LogP contribution is -2.47. The smallest absolute Gasteiger partial charge is 0.258 e. The molecule has 0 bridgehead atoms. The molecule has 0 aliphatic carbocycles. The number of aliphatic hydroxyl groups excluding tert-OH is 2. The molecule has 4 atom stereocenters. The van der Waals surface area contributed by atoms with Gasteiger partial charge in [-0.15, -0.1) is 0 Å². The molecule has 0 radical (unpaired) electrons. The van der Waals surface area contributed by atoms with Crippen molar-refractivity contribution in [3.63, 3.8) is 0 Å². The summed E-state index contributed by atoms with van der Waals surface area (Å²) in [5, 5.41) is 22.3. The van der Waals surface area contributed by atoms with Crippen LogP contribution in [0.5, 0.6) is 0 Å². The summed E-state index contributed by atoms with van der Waals surface area (Å²) in [6.07, 6.45) is 1.36. The summed E-state index contributed by atoms with van der Waals surface area (Å²) in [7, 11) is 0. The number of nitrogens with one attached hydrogen (secondary N) is 1. The van der Waals surface area contributed by atoms with Crippen LogP contribution in [0, 0.1) is 0 Å². The van der Waals surface area contributed by atoms with Crippen LogP contribution < -0.4 is 11.1 Å². The van der Waals surface area contributed by atoms with Gasteiger partial charge in [0.15, 0.2) is 6.23 Å². The molecule has 110 valence electrons. The van der Waals surface area contributed by atoms with Crippen molar-refractivity contribution in [3.8, 4) is 0 Å². The Hall–Kier alpha value is -1.67. The minimum Gasteiger partial charge on any atom is -0.388 e. The SMILES string of the molecule is C=C1NC(=O)C(/C=C/CN)=CN1[C@@H]1O[C@H](C)[C@@H](O)[C@H]1O. The number of hydrogen-bond donors (Lipinski definition) is 4. The molecule has 0 saturated carbocycles. The predicted octanol–water partition coefficient (Wildman–Crippen LogP) is -1.25. The Labute approximate surface area is 117 Å². The zero-order chi connectivity index (χ0) is 14.9. The highest BCUT2D eigenvalue weighted by Gasteiger charge is 2.44. The molecule has 2 heterocycles. The van der Waals surface area contributed by atoms with Gasteiger partial charge in [0, 0.05) is 12.7 Å². The lowest BCUT2D eigenvalue weighted by Gasteiger charge is -2.34. The van der Waals surface area contributed by atoms with Crippen molar-refractivity contribution in [2.45, 2.75) is 31.5 Å². The lowest BCUT2D eigenvalue weighted by molar-refractivity contribution is -0.119. The standard InChI is InChI=1S/C13H19N3O4/c1-7-10(17)11(18)13(20-7)16-6-9(4-3-5-14)12(19)15-8(16)2/h3-4,6-7,10-11,13,17-18H,2,5,14H2,1H3,(H,15,19)/b4-3+/t7-,10-,11-,13-/m1/s1. The third-order valence-corrected chi connectivity index (χ3v) is 3.29. The molecule has 2 aliphatic rings. The molecule has 2 rings (SSSR count). The third-order valence-electron chi connectivity index (χ3n) is 3.29. The molecule has 20 heavy (non-hydrogen) atoms. The molecule has 0 unspecified atom stereocenters. The molecule has 1 fully saturated rings. The summed E-state index contributed by atoms with van der Waals surface area (Å²) in [6, 6.07) is 0. The number of hydrogen-bond acceptors (Lipinski definition) is 6. The van der Waals surface area contributed by atoms with Crippen LogP contribution in [0.15, 0.2) is 36.3 Å². The molecule has 0 aromatic carbocycles. The van der Waals surface area contributed by atoms with Crippen molar-refractivity contribution >= 4 is 5.91 Å². The number of aliphatic hydroxyl groups is 2. The minimum atomic E-state index is -1.09. The van der Waals surface area contributed by atoms with Gasteiger partial charge >= 0.3 is 0 Å². The van der Waals surface area contributed by atoms with Crippen LogP contribution >= 0.6 is 0 Å². The average Bonchev–Trinajstić information content (AvgIpc) is 2.66. The second-order valence-corrected chi connectivity index (χ2v) is 4.74. The van der Waals surface area contributed by atoms with E-state index in [-0.39, 0.29) is 11.7 Å². The van der Waals surface area contributed by atoms with Gasteiger partial charge in [0.1, 0.15) is 18.0 Å². The van der Waals surface area contributed by atoms with E-state index in [4.69, 9.17) is 10.5 Å². The Morgan fingerprint density at radius 3 is 2.80 bits per heavy atom. The van der Waals surface area contributed by atoms with Crippen molar-refractivity contribution in [2.75, 3.05) is 6.54 Å². The molecular formula is C13H19N3O4. The monoisotopic (exact) mass is 281 g/mol. The minimum absolute atomic E-state index is 0.283. The van der Waals surface area contributed by atoms with E-state index in [9.17, 15) is 15.0 Å². The van der Waals surface area contributed by atoms with E-state index in [2.05, 4.69) is 11.9 Å². The number of rotatable bonds is 3. The summed E-state index contributed by atoms with van der Waals surface area (Å²) in [5.74, 6) is -0.0257. The second kappa shape index (κ2) is 5.76. The fourth-order valence-electron chi connectivity index (χ4n) is 2.15. The Morgan fingerprint density at radius 2 is 2.25 bits per heavy atom. The normalized spacial score (nSPS) is 34.6. The average molecular weight is 281 g/mol. The van der Waals surface area contributed by atoms with Gasteiger partial charge < -0.3 is 30.9 Å². The molecule has 7 nitrogen and oxygen atoms in total. The predicted molar refractivity (Wildman–Crippen MR) is 71.7 cm³/mol. The van der Waals surface area contributed by atoms with Crippen molar-refractivity contribution < 1.29 is 19.7 Å². The molecule has 5 N–H and O–H groups in total. The highest BCUT2D eigenvalue weighted by molar-refractivity contribution is 5.98. The van der Waals surface area contributed by atoms with Crippen LogP contribution in [-0.4, -0.2) is 52.1 Å². The number of nitrogens with two attached hydrogens (primary N) is 1. The Bertz CT molecular complexity index is 474. The van der Waals surface area contributed by atoms with Crippen molar-refractivity contribution in [3.05, 3.63) is 36.3 Å². The zero-order valence-electron chi connectivity index (χ0n) is 11.2. The number of ether oxygens (including phenoxy) is 1. The van der Waals surface area contributed by atoms with Gasteiger partial charge in [-0.1, -0.05) is 18.7 Å². The molecule has 0 aromatic rings. The third kappa shape index (κ3) is 2.61. The van der Waals surface area contributed by atoms with E-state index in [0.29, 0.717) is 12.1 Å². The maximum absolute atomic E-state index is 11.8. The first-order valence-electron chi connectivity index (χ1n) is 6.34. The van der Waals surface area contributed by atoms with Crippen LogP contribution in [-0.2, 0) is 9.53 Å². The first kappa shape index (κ1) is 14.7. The fourth-order valence-corrected chi connectivity index (χ4v) is 2.15. The maximum atomic E-state index is 11.8. The van der Waals surface area contributed by atoms with Crippen LogP contribution in [0.2, 0.25) is 0 Å². The molecule has 0 spiro atoms. The molecule has 1 amide bonds. The van der Waals surface area contributed by atoms with Crippen LogP contribution in [0.25, 0.3) is 0 Å². The summed E-state index contributed by atoms with van der Waals surface area (Å²) >= 11 is 0. The van der Waals surface area contributed by atoms with Crippen LogP contribution in [0.4, 0.5) is 0 Å². The Balaban J connectivity index is 2.26. The Kier molecular flexibility index (Phi) is 4.24. The molecule has 7 heteroatoms. The van der Waals surface area contributed by atoms with Crippen molar-refractivity contribution in [1.29, 1.82) is 0 Å². The highest BCUT2D eigenvalue weighted by Crippen LogP contribution is 2.27. The summed E-state index contributed by atoms with van der Waals surface area (Å²) in [6.45, 7) is 5.69. The van der Waals surface area contributed by atoms with Gasteiger partial charge in [0.25, 0.3) is 5.91 Å². The van der Waals surface area contributed by atoms with Crippen LogP contribution in [0.1, 0.15) is 6.92 Å². The maximum Gasteiger partial charge on any atom is 0.258 e. The number of nitrogens with zero attached hydrogens (tertiary/aromatic N) is 1. The van der Waals surface area contributed by atoms with Crippen LogP contribution in [0.3, 0.4) is 0 Å². The van der Waals surface area contributed by atoms with E-state index in [1.165, 1.54) is 11.1 Å². The largest absolute Gasteiger partial charge is 0.388 e. The molecule has 2 aliphatic heterocycles.